The second kappa shape index (κ2) is 9.30. The van der Waals surface area contributed by atoms with Gasteiger partial charge in [0, 0.05) is 0 Å². The summed E-state index contributed by atoms with van der Waals surface area (Å²) in [4.78, 5) is 0. The van der Waals surface area contributed by atoms with Gasteiger partial charge in [-0.2, -0.15) is 0 Å². The predicted molar refractivity (Wildman–Crippen MR) is 85.0 cm³/mol. The molecule has 0 aliphatic rings. The van der Waals surface area contributed by atoms with Gasteiger partial charge >= 0.3 is 0 Å². The van der Waals surface area contributed by atoms with E-state index in [0.29, 0.717) is 11.5 Å². The quantitative estimate of drug-likeness (QED) is 0.586. The maximum Gasteiger partial charge on any atom is 0.242 e. The number of benzene rings is 1. The van der Waals surface area contributed by atoms with E-state index in [0.717, 1.165) is 29.4 Å². The van der Waals surface area contributed by atoms with Gasteiger partial charge in [-0.3, -0.25) is 0 Å². The molecule has 1 rings (SSSR count). The maximum absolute atomic E-state index is 8.78. The highest BCUT2D eigenvalue weighted by atomic mass is 32.2. The van der Waals surface area contributed by atoms with E-state index in [9.17, 15) is 0 Å². The minimum Gasteiger partial charge on any atom is -0.434 e. The van der Waals surface area contributed by atoms with E-state index in [1.165, 1.54) is 0 Å². The van der Waals surface area contributed by atoms with E-state index < -0.39 is 13.0 Å². The smallest absolute Gasteiger partial charge is 0.242 e. The molecule has 18 heavy (non-hydrogen) atoms. The first-order chi connectivity index (χ1) is 9.52. The third kappa shape index (κ3) is 5.33. The van der Waals surface area contributed by atoms with Gasteiger partial charge in [0.25, 0.3) is 0 Å². The van der Waals surface area contributed by atoms with Crippen LogP contribution in [0.3, 0.4) is 0 Å². The van der Waals surface area contributed by atoms with Crippen LogP contribution in [0.15, 0.2) is 24.3 Å². The van der Waals surface area contributed by atoms with E-state index in [4.69, 9.17) is 16.1 Å². The number of aliphatic hydroxyl groups excluding tert-OH is 1. The zero-order chi connectivity index (χ0) is 15.0. The third-order valence-corrected chi connectivity index (χ3v) is 2.79. The Labute approximate surface area is 121 Å². The molecule has 1 aromatic carbocycles. The van der Waals surface area contributed by atoms with Crippen LogP contribution in [0.4, 0.5) is 0 Å². The molecule has 3 nitrogen and oxygen atoms in total. The summed E-state index contributed by atoms with van der Waals surface area (Å²) in [5.41, 5.74) is 0.864. The Morgan fingerprint density at radius 3 is 2.56 bits per heavy atom. The first-order valence-electron chi connectivity index (χ1n) is 6.61. The van der Waals surface area contributed by atoms with Crippen molar-refractivity contribution in [1.82, 2.24) is 0 Å². The lowest BCUT2D eigenvalue weighted by Crippen LogP contribution is -1.91. The summed E-state index contributed by atoms with van der Waals surface area (Å²) in [6, 6.07) is 5.35. The van der Waals surface area contributed by atoms with Crippen LogP contribution in [0, 0.1) is 0 Å². The number of aliphatic hydroxyl groups is 1. The predicted octanol–water partition coefficient (Wildman–Crippen LogP) is 2.55. The SMILES string of the molecule is [2H]B(C)SOc1ccc(/C=C/CO)cc1OSB([2H])C. The van der Waals surface area contributed by atoms with Crippen LogP contribution < -0.4 is 8.37 Å². The van der Waals surface area contributed by atoms with Gasteiger partial charge in [-0.1, -0.05) is 31.9 Å². The van der Waals surface area contributed by atoms with Gasteiger partial charge in [0.15, 0.2) is 11.5 Å². The highest BCUT2D eigenvalue weighted by molar-refractivity contribution is 8.19. The number of rotatable bonds is 8. The van der Waals surface area contributed by atoms with Crippen LogP contribution in [0.25, 0.3) is 6.08 Å². The molecule has 0 unspecified atom stereocenters. The molecule has 96 valence electrons. The van der Waals surface area contributed by atoms with Crippen molar-refractivity contribution >= 4 is 42.9 Å². The van der Waals surface area contributed by atoms with E-state index in [2.05, 4.69) is 0 Å². The molecule has 0 bridgehead atoms. The minimum atomic E-state index is -0.415. The van der Waals surface area contributed by atoms with E-state index in [-0.39, 0.29) is 6.61 Å². The maximum atomic E-state index is 8.78. The van der Waals surface area contributed by atoms with Crippen molar-refractivity contribution in [2.75, 3.05) is 6.61 Å². The van der Waals surface area contributed by atoms with Crippen molar-refractivity contribution in [3.8, 4) is 11.5 Å². The van der Waals surface area contributed by atoms with Gasteiger partial charge in [0.05, 0.1) is 6.61 Å². The molecule has 0 spiro atoms. The molecule has 1 aromatic rings. The first kappa shape index (κ1) is 12.4. The molecule has 0 aliphatic heterocycles. The fourth-order valence-electron chi connectivity index (χ4n) is 1.15. The Balaban J connectivity index is 2.87. The normalized spacial score (nSPS) is 11.9. The Kier molecular flexibility index (Phi) is 6.40. The van der Waals surface area contributed by atoms with Gasteiger partial charge in [0.1, 0.15) is 0 Å². The Morgan fingerprint density at radius 1 is 1.28 bits per heavy atom. The molecular formula is C11H16B2O3S2. The van der Waals surface area contributed by atoms with Gasteiger partial charge in [-0.25, -0.2) is 0 Å². The molecule has 0 fully saturated rings. The molecule has 0 aliphatic carbocycles. The monoisotopic (exact) mass is 284 g/mol. The Bertz CT molecular complexity index is 448. The molecule has 1 N–H and O–H groups in total. The van der Waals surface area contributed by atoms with Crippen molar-refractivity contribution in [2.24, 2.45) is 0 Å². The van der Waals surface area contributed by atoms with Crippen LogP contribution in [0.2, 0.25) is 13.6 Å². The average Bonchev–Trinajstić information content (AvgIpc) is 2.41. The molecule has 0 saturated carbocycles. The molecule has 0 radical (unpaired) electrons. The minimum absolute atomic E-state index is 0.0286. The summed E-state index contributed by atoms with van der Waals surface area (Å²) in [6.07, 6.45) is 3.40. The average molecular weight is 284 g/mol. The number of hydrogen-bond donors (Lipinski definition) is 1. The van der Waals surface area contributed by atoms with Crippen LogP contribution in [0.1, 0.15) is 5.56 Å². The molecule has 0 amide bonds. The van der Waals surface area contributed by atoms with E-state index in [1.54, 1.807) is 37.9 Å². The second-order valence-electron chi connectivity index (χ2n) is 3.12. The lowest BCUT2D eigenvalue weighted by atomic mass is 10.2. The summed E-state index contributed by atoms with van der Waals surface area (Å²) in [7, 11) is 0. The Morgan fingerprint density at radius 2 is 1.94 bits per heavy atom. The van der Waals surface area contributed by atoms with Crippen LogP contribution in [-0.4, -0.2) is 27.4 Å². The molecule has 7 heteroatoms. The highest BCUT2D eigenvalue weighted by Crippen LogP contribution is 2.33. The van der Waals surface area contributed by atoms with Crippen molar-refractivity contribution in [3.05, 3.63) is 29.8 Å². The van der Waals surface area contributed by atoms with Crippen LogP contribution in [0.5, 0.6) is 11.5 Å². The van der Waals surface area contributed by atoms with E-state index in [1.807, 2.05) is 6.07 Å². The molecule has 0 atom stereocenters. The fourth-order valence-corrected chi connectivity index (χ4v) is 1.82. The molecule has 0 aromatic heterocycles. The lowest BCUT2D eigenvalue weighted by Gasteiger charge is -2.10. The number of hydrogen-bond acceptors (Lipinski definition) is 5. The first-order valence-corrected chi connectivity index (χ1v) is 7.06. The van der Waals surface area contributed by atoms with Crippen LogP contribution >= 0.6 is 23.8 Å². The molecular weight excluding hydrogens is 266 g/mol. The summed E-state index contributed by atoms with van der Waals surface area (Å²) >= 11 is 2.05. The van der Waals surface area contributed by atoms with Gasteiger partial charge in [0.2, 0.25) is 13.0 Å². The second-order valence-corrected chi connectivity index (χ2v) is 4.78. The van der Waals surface area contributed by atoms with Gasteiger partial charge in [-0.15, -0.1) is 0 Å². The fraction of sp³-hybridized carbons (Fsp3) is 0.273. The van der Waals surface area contributed by atoms with Crippen molar-refractivity contribution < 1.29 is 13.5 Å². The summed E-state index contributed by atoms with van der Waals surface area (Å²) in [6.45, 7) is 2.58. The summed E-state index contributed by atoms with van der Waals surface area (Å²) < 4.78 is 25.8. The van der Waals surface area contributed by atoms with E-state index >= 15 is 0 Å². The van der Waals surface area contributed by atoms with Crippen molar-refractivity contribution in [3.63, 3.8) is 0 Å². The van der Waals surface area contributed by atoms with Gasteiger partial charge < -0.3 is 13.5 Å². The Hall–Kier alpha value is -0.650. The van der Waals surface area contributed by atoms with Gasteiger partial charge in [-0.05, 0) is 44.2 Å². The van der Waals surface area contributed by atoms with Crippen LogP contribution in [-0.2, 0) is 0 Å². The van der Waals surface area contributed by atoms with Crippen molar-refractivity contribution in [1.29, 1.82) is 2.67 Å². The standard InChI is InChI=1S/C11H16B2O3S2/c1-12-17-15-10-6-5-9(4-3-7-14)8-11(10)16-18-13-2/h3-6,8,12-14H,7H2,1-2H3/b4-3+/i12D,13D. The zero-order valence-corrected chi connectivity index (χ0v) is 12.0. The van der Waals surface area contributed by atoms with Crippen molar-refractivity contribution in [2.45, 2.75) is 13.6 Å². The molecule has 0 heterocycles. The summed E-state index contributed by atoms with van der Waals surface area (Å²) in [5, 5.41) is 8.78. The topological polar surface area (TPSA) is 38.7 Å². The lowest BCUT2D eigenvalue weighted by molar-refractivity contribution is 0.343. The summed E-state index contributed by atoms with van der Waals surface area (Å²) in [5.74, 6) is 1.02. The highest BCUT2D eigenvalue weighted by Gasteiger charge is 2.07. The molecule has 0 saturated heterocycles. The third-order valence-electron chi connectivity index (χ3n) is 1.85. The zero-order valence-electron chi connectivity index (χ0n) is 12.3. The largest absolute Gasteiger partial charge is 0.434 e.